The average molecular weight is 379 g/mol. The normalized spacial score (nSPS) is 17.5. The number of anilines is 1. The van der Waals surface area contributed by atoms with E-state index in [1.165, 1.54) is 16.7 Å². The van der Waals surface area contributed by atoms with E-state index in [9.17, 15) is 4.79 Å². The molecule has 4 rings (SSSR count). The Morgan fingerprint density at radius 1 is 0.893 bits per heavy atom. The van der Waals surface area contributed by atoms with Crippen LogP contribution in [-0.2, 0) is 19.5 Å². The first-order valence-electron chi connectivity index (χ1n) is 10.4. The van der Waals surface area contributed by atoms with E-state index in [1.807, 2.05) is 23.1 Å². The van der Waals surface area contributed by atoms with E-state index in [1.54, 1.807) is 0 Å². The van der Waals surface area contributed by atoms with Crippen molar-refractivity contribution in [3.63, 3.8) is 0 Å². The highest BCUT2D eigenvalue weighted by Gasteiger charge is 2.24. The quantitative estimate of drug-likeness (QED) is 0.869. The van der Waals surface area contributed by atoms with Crippen LogP contribution < -0.4 is 10.2 Å². The van der Waals surface area contributed by atoms with Gasteiger partial charge in [0.15, 0.2) is 0 Å². The number of nitrogens with zero attached hydrogens (tertiary/aromatic N) is 3. The maximum atomic E-state index is 12.8. The summed E-state index contributed by atoms with van der Waals surface area (Å²) in [5.41, 5.74) is 4.82. The minimum absolute atomic E-state index is 0.00341. The lowest BCUT2D eigenvalue weighted by Gasteiger charge is -2.34. The molecule has 1 saturated heterocycles. The number of hydrogen-bond acceptors (Lipinski definition) is 3. The van der Waals surface area contributed by atoms with Crippen LogP contribution in [0.3, 0.4) is 0 Å². The van der Waals surface area contributed by atoms with Crippen molar-refractivity contribution < 1.29 is 4.79 Å². The Morgan fingerprint density at radius 2 is 1.57 bits per heavy atom. The van der Waals surface area contributed by atoms with Gasteiger partial charge in [-0.1, -0.05) is 49.4 Å². The van der Waals surface area contributed by atoms with E-state index in [-0.39, 0.29) is 6.03 Å². The number of nitrogens with one attached hydrogen (secondary N) is 1. The molecule has 2 aromatic rings. The van der Waals surface area contributed by atoms with Crippen LogP contribution in [0.2, 0.25) is 0 Å². The molecule has 2 aliphatic rings. The highest BCUT2D eigenvalue weighted by Crippen LogP contribution is 2.27. The lowest BCUT2D eigenvalue weighted by molar-refractivity contribution is 0.131. The molecule has 2 aromatic carbocycles. The van der Waals surface area contributed by atoms with Crippen LogP contribution in [-0.4, -0.2) is 55.1 Å². The van der Waals surface area contributed by atoms with E-state index in [2.05, 4.69) is 52.4 Å². The van der Waals surface area contributed by atoms with E-state index in [4.69, 9.17) is 0 Å². The lowest BCUT2D eigenvalue weighted by atomic mass is 10.1. The second-order valence-electron chi connectivity index (χ2n) is 7.67. The molecule has 2 aliphatic heterocycles. The number of benzene rings is 2. The molecule has 0 radical (unpaired) electrons. The van der Waals surface area contributed by atoms with Gasteiger partial charge >= 0.3 is 6.03 Å². The van der Waals surface area contributed by atoms with E-state index >= 15 is 0 Å². The standard InChI is InChI=1S/C23H30N4O/c1-2-25-13-15-26(16-14-25)18-21-9-4-3-8-20(21)17-24-23(28)27-12-11-19-7-5-6-10-22(19)27/h3-10H,2,11-18H2,1H3,(H,24,28). The van der Waals surface area contributed by atoms with Crippen molar-refractivity contribution in [1.82, 2.24) is 15.1 Å². The summed E-state index contributed by atoms with van der Waals surface area (Å²) < 4.78 is 0. The zero-order valence-corrected chi connectivity index (χ0v) is 16.7. The summed E-state index contributed by atoms with van der Waals surface area (Å²) in [5.74, 6) is 0. The Kier molecular flexibility index (Phi) is 5.93. The Hall–Kier alpha value is -2.37. The number of likely N-dealkylation sites (N-methyl/N-ethyl adjacent to an activating group) is 1. The SMILES string of the molecule is CCN1CCN(Cc2ccccc2CNC(=O)N2CCc3ccccc32)CC1. The predicted molar refractivity (Wildman–Crippen MR) is 114 cm³/mol. The summed E-state index contributed by atoms with van der Waals surface area (Å²) in [6, 6.07) is 16.7. The molecular weight excluding hydrogens is 348 g/mol. The summed E-state index contributed by atoms with van der Waals surface area (Å²) in [7, 11) is 0. The zero-order valence-electron chi connectivity index (χ0n) is 16.7. The summed E-state index contributed by atoms with van der Waals surface area (Å²) in [5, 5.41) is 3.14. The van der Waals surface area contributed by atoms with Gasteiger partial charge in [-0.05, 0) is 35.7 Å². The number of piperazine rings is 1. The Bertz CT molecular complexity index is 814. The summed E-state index contributed by atoms with van der Waals surface area (Å²) in [4.78, 5) is 19.6. The molecule has 28 heavy (non-hydrogen) atoms. The highest BCUT2D eigenvalue weighted by molar-refractivity contribution is 5.94. The molecule has 0 bridgehead atoms. The first-order valence-corrected chi connectivity index (χ1v) is 10.4. The van der Waals surface area contributed by atoms with Gasteiger partial charge in [-0.25, -0.2) is 4.79 Å². The third kappa shape index (κ3) is 4.21. The fourth-order valence-electron chi connectivity index (χ4n) is 4.20. The molecule has 0 atom stereocenters. The Balaban J connectivity index is 1.36. The number of fused-ring (bicyclic) bond motifs is 1. The molecule has 2 amide bonds. The molecule has 1 N–H and O–H groups in total. The predicted octanol–water partition coefficient (Wildman–Crippen LogP) is 3.10. The lowest BCUT2D eigenvalue weighted by Crippen LogP contribution is -2.45. The molecule has 0 aliphatic carbocycles. The molecule has 1 fully saturated rings. The van der Waals surface area contributed by atoms with Gasteiger partial charge in [0.05, 0.1) is 0 Å². The monoisotopic (exact) mass is 378 g/mol. The molecule has 0 saturated carbocycles. The maximum Gasteiger partial charge on any atom is 0.322 e. The van der Waals surface area contributed by atoms with Crippen molar-refractivity contribution in [2.45, 2.75) is 26.4 Å². The van der Waals surface area contributed by atoms with Gasteiger partial charge in [-0.15, -0.1) is 0 Å². The fourth-order valence-corrected chi connectivity index (χ4v) is 4.20. The van der Waals surface area contributed by atoms with Gasteiger partial charge < -0.3 is 10.2 Å². The van der Waals surface area contributed by atoms with Gasteiger partial charge in [-0.2, -0.15) is 0 Å². The third-order valence-electron chi connectivity index (χ3n) is 5.99. The van der Waals surface area contributed by atoms with Crippen molar-refractivity contribution in [3.05, 3.63) is 65.2 Å². The van der Waals surface area contributed by atoms with Crippen LogP contribution in [0.1, 0.15) is 23.6 Å². The van der Waals surface area contributed by atoms with Crippen molar-refractivity contribution >= 4 is 11.7 Å². The molecule has 0 aromatic heterocycles. The van der Waals surface area contributed by atoms with Gasteiger partial charge in [0.1, 0.15) is 0 Å². The first-order chi connectivity index (χ1) is 13.7. The molecule has 2 heterocycles. The van der Waals surface area contributed by atoms with Crippen molar-refractivity contribution in [2.24, 2.45) is 0 Å². The first kappa shape index (κ1) is 19.0. The van der Waals surface area contributed by atoms with E-state index in [0.717, 1.165) is 57.9 Å². The fraction of sp³-hybridized carbons (Fsp3) is 0.435. The minimum atomic E-state index is -0.00341. The van der Waals surface area contributed by atoms with Crippen LogP contribution in [0.5, 0.6) is 0 Å². The van der Waals surface area contributed by atoms with Crippen LogP contribution in [0.4, 0.5) is 10.5 Å². The van der Waals surface area contributed by atoms with E-state index < -0.39 is 0 Å². The van der Waals surface area contributed by atoms with Crippen LogP contribution in [0.15, 0.2) is 48.5 Å². The number of rotatable bonds is 5. The smallest absolute Gasteiger partial charge is 0.322 e. The molecular formula is C23H30N4O. The Morgan fingerprint density at radius 3 is 2.36 bits per heavy atom. The van der Waals surface area contributed by atoms with Crippen LogP contribution in [0, 0.1) is 0 Å². The molecule has 0 spiro atoms. The second-order valence-corrected chi connectivity index (χ2v) is 7.67. The van der Waals surface area contributed by atoms with Crippen molar-refractivity contribution in [1.29, 1.82) is 0 Å². The van der Waals surface area contributed by atoms with Gasteiger partial charge in [0, 0.05) is 51.5 Å². The molecule has 148 valence electrons. The number of carbonyl (C=O) groups is 1. The summed E-state index contributed by atoms with van der Waals surface area (Å²) in [6.45, 7) is 10.2. The highest BCUT2D eigenvalue weighted by atomic mass is 16.2. The summed E-state index contributed by atoms with van der Waals surface area (Å²) >= 11 is 0. The second kappa shape index (κ2) is 8.76. The van der Waals surface area contributed by atoms with Crippen LogP contribution in [0.25, 0.3) is 0 Å². The minimum Gasteiger partial charge on any atom is -0.334 e. The summed E-state index contributed by atoms with van der Waals surface area (Å²) in [6.07, 6.45) is 0.934. The van der Waals surface area contributed by atoms with Gasteiger partial charge in [0.25, 0.3) is 0 Å². The third-order valence-corrected chi connectivity index (χ3v) is 5.99. The number of para-hydroxylation sites is 1. The number of urea groups is 1. The zero-order chi connectivity index (χ0) is 19.3. The van der Waals surface area contributed by atoms with Crippen LogP contribution >= 0.6 is 0 Å². The maximum absolute atomic E-state index is 12.8. The molecule has 5 heteroatoms. The van der Waals surface area contributed by atoms with Crippen molar-refractivity contribution in [3.8, 4) is 0 Å². The Labute approximate surface area is 167 Å². The molecule has 5 nitrogen and oxygen atoms in total. The van der Waals surface area contributed by atoms with Crippen molar-refractivity contribution in [2.75, 3.05) is 44.2 Å². The topological polar surface area (TPSA) is 38.8 Å². The number of hydrogen-bond donors (Lipinski definition) is 1. The van der Waals surface area contributed by atoms with E-state index in [0.29, 0.717) is 6.54 Å². The largest absolute Gasteiger partial charge is 0.334 e. The molecule has 0 unspecified atom stereocenters. The number of amides is 2. The average Bonchev–Trinajstić information content (AvgIpc) is 3.18. The van der Waals surface area contributed by atoms with Gasteiger partial charge in [0.2, 0.25) is 0 Å². The van der Waals surface area contributed by atoms with Gasteiger partial charge in [-0.3, -0.25) is 9.80 Å². The number of carbonyl (C=O) groups excluding carboxylic acids is 1.